The Morgan fingerprint density at radius 3 is 2.40 bits per heavy atom. The minimum absolute atomic E-state index is 0.332. The molecule has 2 atom stereocenters. The summed E-state index contributed by atoms with van der Waals surface area (Å²) in [5.41, 5.74) is -0.0328. The SMILES string of the molecule is CCCCCC1(O)CC(C)CC(C)(C)C1. The molecule has 0 aliphatic heterocycles. The van der Waals surface area contributed by atoms with Gasteiger partial charge in [-0.1, -0.05) is 47.0 Å². The summed E-state index contributed by atoms with van der Waals surface area (Å²) in [6.45, 7) is 9.10. The van der Waals surface area contributed by atoms with Crippen LogP contribution in [-0.2, 0) is 0 Å². The summed E-state index contributed by atoms with van der Waals surface area (Å²) in [4.78, 5) is 0. The van der Waals surface area contributed by atoms with Gasteiger partial charge in [0.15, 0.2) is 0 Å². The van der Waals surface area contributed by atoms with Crippen molar-refractivity contribution in [3.05, 3.63) is 0 Å². The van der Waals surface area contributed by atoms with Gasteiger partial charge < -0.3 is 5.11 Å². The van der Waals surface area contributed by atoms with E-state index in [0.29, 0.717) is 11.3 Å². The van der Waals surface area contributed by atoms with E-state index in [1.165, 1.54) is 25.7 Å². The van der Waals surface area contributed by atoms with Gasteiger partial charge in [-0.2, -0.15) is 0 Å². The van der Waals surface area contributed by atoms with Gasteiger partial charge in [0.2, 0.25) is 0 Å². The molecule has 0 aromatic rings. The van der Waals surface area contributed by atoms with Crippen LogP contribution in [0.1, 0.15) is 72.6 Å². The Morgan fingerprint density at radius 2 is 1.87 bits per heavy atom. The van der Waals surface area contributed by atoms with Gasteiger partial charge >= 0.3 is 0 Å². The van der Waals surface area contributed by atoms with E-state index in [4.69, 9.17) is 0 Å². The molecule has 1 nitrogen and oxygen atoms in total. The van der Waals surface area contributed by atoms with Crippen molar-refractivity contribution in [1.29, 1.82) is 0 Å². The lowest BCUT2D eigenvalue weighted by atomic mass is 9.64. The zero-order chi connectivity index (χ0) is 11.5. The molecule has 0 amide bonds. The molecule has 0 heterocycles. The highest BCUT2D eigenvalue weighted by Gasteiger charge is 2.40. The van der Waals surface area contributed by atoms with Gasteiger partial charge in [-0.25, -0.2) is 0 Å². The van der Waals surface area contributed by atoms with Crippen LogP contribution in [-0.4, -0.2) is 10.7 Å². The van der Waals surface area contributed by atoms with Crippen LogP contribution in [0.4, 0.5) is 0 Å². The monoisotopic (exact) mass is 212 g/mol. The molecule has 0 aromatic carbocycles. The molecule has 90 valence electrons. The fraction of sp³-hybridized carbons (Fsp3) is 1.00. The molecule has 1 aliphatic carbocycles. The molecule has 0 aromatic heterocycles. The van der Waals surface area contributed by atoms with E-state index < -0.39 is 0 Å². The fourth-order valence-electron chi connectivity index (χ4n) is 3.59. The zero-order valence-electron chi connectivity index (χ0n) is 11.0. The molecule has 1 fully saturated rings. The summed E-state index contributed by atoms with van der Waals surface area (Å²) in [5.74, 6) is 0.681. The van der Waals surface area contributed by atoms with Gasteiger partial charge in [0.05, 0.1) is 5.60 Å². The number of hydrogen-bond donors (Lipinski definition) is 1. The van der Waals surface area contributed by atoms with Crippen LogP contribution < -0.4 is 0 Å². The number of unbranched alkanes of at least 4 members (excludes halogenated alkanes) is 2. The normalized spacial score (nSPS) is 35.4. The predicted octanol–water partition coefficient (Wildman–Crippen LogP) is 4.14. The Hall–Kier alpha value is -0.0400. The van der Waals surface area contributed by atoms with Gasteiger partial charge in [-0.15, -0.1) is 0 Å². The minimum atomic E-state index is -0.365. The molecule has 1 saturated carbocycles. The summed E-state index contributed by atoms with van der Waals surface area (Å²) >= 11 is 0. The Balaban J connectivity index is 2.51. The first kappa shape index (κ1) is 13.0. The van der Waals surface area contributed by atoms with E-state index >= 15 is 0 Å². The maximum atomic E-state index is 10.6. The van der Waals surface area contributed by atoms with Gasteiger partial charge in [0, 0.05) is 0 Å². The van der Waals surface area contributed by atoms with Crippen molar-refractivity contribution in [2.24, 2.45) is 11.3 Å². The molecular weight excluding hydrogens is 184 g/mol. The summed E-state index contributed by atoms with van der Waals surface area (Å²) < 4.78 is 0. The van der Waals surface area contributed by atoms with Crippen molar-refractivity contribution in [2.45, 2.75) is 78.2 Å². The molecule has 0 spiro atoms. The smallest absolute Gasteiger partial charge is 0.0655 e. The van der Waals surface area contributed by atoms with Gasteiger partial charge in [0.25, 0.3) is 0 Å². The van der Waals surface area contributed by atoms with Crippen LogP contribution in [0.5, 0.6) is 0 Å². The maximum absolute atomic E-state index is 10.6. The Bertz CT molecular complexity index is 198. The molecule has 1 heteroatoms. The predicted molar refractivity (Wildman–Crippen MR) is 65.9 cm³/mol. The van der Waals surface area contributed by atoms with Crippen molar-refractivity contribution < 1.29 is 5.11 Å². The Kier molecular flexibility index (Phi) is 4.22. The third-order valence-corrected chi connectivity index (χ3v) is 3.68. The molecule has 1 N–H and O–H groups in total. The van der Waals surface area contributed by atoms with Crippen LogP contribution in [0.25, 0.3) is 0 Å². The summed E-state index contributed by atoms with van der Waals surface area (Å²) in [7, 11) is 0. The standard InChI is InChI=1S/C14H28O/c1-5-6-7-8-14(15)10-12(2)9-13(3,4)11-14/h12,15H,5-11H2,1-4H3. The molecular formula is C14H28O. The average molecular weight is 212 g/mol. The third-order valence-electron chi connectivity index (χ3n) is 3.68. The zero-order valence-corrected chi connectivity index (χ0v) is 11.0. The number of hydrogen-bond acceptors (Lipinski definition) is 1. The molecule has 0 saturated heterocycles. The van der Waals surface area contributed by atoms with E-state index in [1.54, 1.807) is 0 Å². The van der Waals surface area contributed by atoms with E-state index in [0.717, 1.165) is 19.3 Å². The van der Waals surface area contributed by atoms with Crippen LogP contribution in [0.2, 0.25) is 0 Å². The van der Waals surface area contributed by atoms with Crippen molar-refractivity contribution in [2.75, 3.05) is 0 Å². The molecule has 0 bridgehead atoms. The number of aliphatic hydroxyl groups is 1. The second-order valence-corrected chi connectivity index (χ2v) is 6.54. The van der Waals surface area contributed by atoms with Gasteiger partial charge in [-0.05, 0) is 37.0 Å². The highest BCUT2D eigenvalue weighted by Crippen LogP contribution is 2.45. The van der Waals surface area contributed by atoms with Crippen LogP contribution in [0, 0.1) is 11.3 Å². The first-order valence-electron chi connectivity index (χ1n) is 6.59. The highest BCUT2D eigenvalue weighted by molar-refractivity contribution is 4.92. The molecule has 1 aliphatic rings. The van der Waals surface area contributed by atoms with Crippen molar-refractivity contribution in [3.8, 4) is 0 Å². The molecule has 15 heavy (non-hydrogen) atoms. The van der Waals surface area contributed by atoms with Crippen molar-refractivity contribution in [3.63, 3.8) is 0 Å². The maximum Gasteiger partial charge on any atom is 0.0655 e. The highest BCUT2D eigenvalue weighted by atomic mass is 16.3. The van der Waals surface area contributed by atoms with Crippen molar-refractivity contribution in [1.82, 2.24) is 0 Å². The first-order valence-corrected chi connectivity index (χ1v) is 6.59. The molecule has 0 radical (unpaired) electrons. The molecule has 2 unspecified atom stereocenters. The van der Waals surface area contributed by atoms with Crippen LogP contribution >= 0.6 is 0 Å². The van der Waals surface area contributed by atoms with Gasteiger partial charge in [-0.3, -0.25) is 0 Å². The van der Waals surface area contributed by atoms with E-state index in [2.05, 4.69) is 27.7 Å². The Morgan fingerprint density at radius 1 is 1.20 bits per heavy atom. The minimum Gasteiger partial charge on any atom is -0.390 e. The fourth-order valence-corrected chi connectivity index (χ4v) is 3.59. The van der Waals surface area contributed by atoms with Crippen molar-refractivity contribution >= 4 is 0 Å². The second-order valence-electron chi connectivity index (χ2n) is 6.54. The summed E-state index contributed by atoms with van der Waals surface area (Å²) in [6.07, 6.45) is 7.98. The quantitative estimate of drug-likeness (QED) is 0.694. The third kappa shape index (κ3) is 4.14. The first-order chi connectivity index (χ1) is 6.87. The lowest BCUT2D eigenvalue weighted by molar-refractivity contribution is -0.0649. The van der Waals surface area contributed by atoms with Crippen LogP contribution in [0.15, 0.2) is 0 Å². The second kappa shape index (κ2) is 4.86. The summed E-state index contributed by atoms with van der Waals surface area (Å²) in [6, 6.07) is 0. The lowest BCUT2D eigenvalue weighted by Gasteiger charge is -2.44. The topological polar surface area (TPSA) is 20.2 Å². The van der Waals surface area contributed by atoms with E-state index in [1.807, 2.05) is 0 Å². The van der Waals surface area contributed by atoms with E-state index in [-0.39, 0.29) is 5.60 Å². The lowest BCUT2D eigenvalue weighted by Crippen LogP contribution is -2.42. The Labute approximate surface area is 95.3 Å². The van der Waals surface area contributed by atoms with E-state index in [9.17, 15) is 5.11 Å². The molecule has 1 rings (SSSR count). The average Bonchev–Trinajstić information content (AvgIpc) is 1.98. The summed E-state index contributed by atoms with van der Waals surface area (Å²) in [5, 5.41) is 10.6. The van der Waals surface area contributed by atoms with Crippen LogP contribution in [0.3, 0.4) is 0 Å². The number of rotatable bonds is 4. The van der Waals surface area contributed by atoms with Gasteiger partial charge in [0.1, 0.15) is 0 Å². The largest absolute Gasteiger partial charge is 0.390 e.